The molecule has 2 aliphatic rings. The van der Waals surface area contributed by atoms with Gasteiger partial charge in [0.05, 0.1) is 6.42 Å². The van der Waals surface area contributed by atoms with Crippen LogP contribution in [0.4, 0.5) is 0 Å². The summed E-state index contributed by atoms with van der Waals surface area (Å²) in [5.74, 6) is -0.190. The number of hydrogen-bond acceptors (Lipinski definition) is 3. The summed E-state index contributed by atoms with van der Waals surface area (Å²) in [6.45, 7) is 4.64. The highest BCUT2D eigenvalue weighted by atomic mass is 16.2. The maximum Gasteiger partial charge on any atom is 0.260 e. The van der Waals surface area contributed by atoms with Crippen LogP contribution < -0.4 is 5.32 Å². The molecule has 106 valence electrons. The number of carbonyl (C=O) groups is 2. The zero-order valence-electron chi connectivity index (χ0n) is 11.8. The molecule has 20 heavy (non-hydrogen) atoms. The molecule has 0 atom stereocenters. The third kappa shape index (κ3) is 2.36. The molecule has 1 saturated heterocycles. The van der Waals surface area contributed by atoms with Gasteiger partial charge in [-0.15, -0.1) is 0 Å². The molecule has 0 unspecified atom stereocenters. The highest BCUT2D eigenvalue weighted by Gasteiger charge is 2.37. The van der Waals surface area contributed by atoms with E-state index in [4.69, 9.17) is 0 Å². The fourth-order valence-corrected chi connectivity index (χ4v) is 3.13. The summed E-state index contributed by atoms with van der Waals surface area (Å²) in [7, 11) is 0. The molecule has 3 rings (SSSR count). The topological polar surface area (TPSA) is 49.4 Å². The van der Waals surface area contributed by atoms with E-state index in [1.165, 1.54) is 4.90 Å². The Morgan fingerprint density at radius 1 is 1.20 bits per heavy atom. The lowest BCUT2D eigenvalue weighted by atomic mass is 9.80. The smallest absolute Gasteiger partial charge is 0.260 e. The van der Waals surface area contributed by atoms with E-state index < -0.39 is 0 Å². The molecule has 0 aliphatic carbocycles. The summed E-state index contributed by atoms with van der Waals surface area (Å²) < 4.78 is 0. The van der Waals surface area contributed by atoms with Crippen LogP contribution in [-0.2, 0) is 11.2 Å². The van der Waals surface area contributed by atoms with E-state index in [2.05, 4.69) is 12.2 Å². The molecule has 0 aromatic heterocycles. The molecule has 2 amide bonds. The Kier molecular flexibility index (Phi) is 3.34. The molecular weight excluding hydrogens is 252 g/mol. The van der Waals surface area contributed by atoms with Crippen LogP contribution in [0.5, 0.6) is 0 Å². The average Bonchev–Trinajstić information content (AvgIpc) is 2.44. The summed E-state index contributed by atoms with van der Waals surface area (Å²) >= 11 is 0. The van der Waals surface area contributed by atoms with Crippen LogP contribution in [0.3, 0.4) is 0 Å². The van der Waals surface area contributed by atoms with Gasteiger partial charge in [0.25, 0.3) is 5.91 Å². The van der Waals surface area contributed by atoms with Crippen LogP contribution in [0.2, 0.25) is 0 Å². The zero-order valence-corrected chi connectivity index (χ0v) is 11.8. The van der Waals surface area contributed by atoms with Crippen LogP contribution >= 0.6 is 0 Å². The van der Waals surface area contributed by atoms with Crippen LogP contribution in [-0.4, -0.2) is 36.3 Å². The van der Waals surface area contributed by atoms with Crippen molar-refractivity contribution in [3.63, 3.8) is 0 Å². The van der Waals surface area contributed by atoms with Gasteiger partial charge >= 0.3 is 0 Å². The standard InChI is InChI=1S/C16H20N2O2/c1-16(6-8-17-9-7-16)11-18-14(19)10-12-4-2-3-5-13(12)15(18)20/h2-5,17H,6-11H2,1H3. The van der Waals surface area contributed by atoms with Gasteiger partial charge in [-0.25, -0.2) is 0 Å². The van der Waals surface area contributed by atoms with Gasteiger partial charge < -0.3 is 5.32 Å². The minimum Gasteiger partial charge on any atom is -0.317 e. The number of rotatable bonds is 2. The number of nitrogens with zero attached hydrogens (tertiary/aromatic N) is 1. The van der Waals surface area contributed by atoms with Gasteiger partial charge in [-0.2, -0.15) is 0 Å². The molecule has 2 heterocycles. The van der Waals surface area contributed by atoms with Crippen molar-refractivity contribution in [2.24, 2.45) is 5.41 Å². The second kappa shape index (κ2) is 5.02. The SMILES string of the molecule is CC1(CN2C(=O)Cc3ccccc3C2=O)CCNCC1. The first-order valence-electron chi connectivity index (χ1n) is 7.22. The van der Waals surface area contributed by atoms with Gasteiger partial charge in [0, 0.05) is 12.1 Å². The first-order chi connectivity index (χ1) is 9.59. The molecule has 0 bridgehead atoms. The maximum atomic E-state index is 12.5. The highest BCUT2D eigenvalue weighted by Crippen LogP contribution is 2.31. The first-order valence-corrected chi connectivity index (χ1v) is 7.22. The lowest BCUT2D eigenvalue weighted by Crippen LogP contribution is -2.50. The summed E-state index contributed by atoms with van der Waals surface area (Å²) in [5, 5.41) is 3.33. The van der Waals surface area contributed by atoms with Crippen molar-refractivity contribution in [2.75, 3.05) is 19.6 Å². The van der Waals surface area contributed by atoms with Crippen molar-refractivity contribution in [2.45, 2.75) is 26.2 Å². The molecule has 4 heteroatoms. The number of nitrogens with one attached hydrogen (secondary N) is 1. The Balaban J connectivity index is 1.84. The van der Waals surface area contributed by atoms with Crippen LogP contribution in [0.1, 0.15) is 35.7 Å². The number of piperidine rings is 1. The quantitative estimate of drug-likeness (QED) is 0.832. The number of fused-ring (bicyclic) bond motifs is 1. The van der Waals surface area contributed by atoms with Crippen molar-refractivity contribution < 1.29 is 9.59 Å². The summed E-state index contributed by atoms with van der Waals surface area (Å²) in [5.41, 5.74) is 1.59. The fourth-order valence-electron chi connectivity index (χ4n) is 3.13. The molecular formula is C16H20N2O2. The Bertz CT molecular complexity index is 547. The van der Waals surface area contributed by atoms with E-state index in [0.717, 1.165) is 31.5 Å². The van der Waals surface area contributed by atoms with Gasteiger partial charge in [0.15, 0.2) is 0 Å². The molecule has 0 spiro atoms. The second-order valence-corrected chi connectivity index (χ2v) is 6.18. The van der Waals surface area contributed by atoms with Gasteiger partial charge in [0.1, 0.15) is 0 Å². The summed E-state index contributed by atoms with van der Waals surface area (Å²) in [4.78, 5) is 26.3. The molecule has 1 aromatic rings. The number of amides is 2. The summed E-state index contributed by atoms with van der Waals surface area (Å²) in [6.07, 6.45) is 2.35. The van der Waals surface area contributed by atoms with E-state index in [9.17, 15) is 9.59 Å². The Morgan fingerprint density at radius 2 is 1.90 bits per heavy atom. The third-order valence-corrected chi connectivity index (χ3v) is 4.49. The van der Waals surface area contributed by atoms with E-state index in [-0.39, 0.29) is 17.2 Å². The third-order valence-electron chi connectivity index (χ3n) is 4.49. The van der Waals surface area contributed by atoms with Crippen molar-refractivity contribution in [1.82, 2.24) is 10.2 Å². The largest absolute Gasteiger partial charge is 0.317 e. The number of hydrogen-bond donors (Lipinski definition) is 1. The molecule has 1 N–H and O–H groups in total. The minimum absolute atomic E-state index is 0.0445. The molecule has 1 fully saturated rings. The van der Waals surface area contributed by atoms with Crippen molar-refractivity contribution in [1.29, 1.82) is 0 Å². The normalized spacial score (nSPS) is 21.8. The number of imide groups is 1. The van der Waals surface area contributed by atoms with Crippen molar-refractivity contribution in [3.05, 3.63) is 35.4 Å². The van der Waals surface area contributed by atoms with E-state index in [0.29, 0.717) is 18.5 Å². The van der Waals surface area contributed by atoms with E-state index in [1.807, 2.05) is 24.3 Å². The van der Waals surface area contributed by atoms with Crippen LogP contribution in [0.25, 0.3) is 0 Å². The minimum atomic E-state index is -0.128. The molecule has 4 nitrogen and oxygen atoms in total. The molecule has 0 saturated carbocycles. The zero-order chi connectivity index (χ0) is 14.2. The van der Waals surface area contributed by atoms with E-state index >= 15 is 0 Å². The van der Waals surface area contributed by atoms with Crippen LogP contribution in [0.15, 0.2) is 24.3 Å². The lowest BCUT2D eigenvalue weighted by Gasteiger charge is -2.39. The predicted molar refractivity (Wildman–Crippen MR) is 76.4 cm³/mol. The van der Waals surface area contributed by atoms with Gasteiger partial charge in [-0.3, -0.25) is 14.5 Å². The molecule has 1 aromatic carbocycles. The Labute approximate surface area is 119 Å². The number of benzene rings is 1. The van der Waals surface area contributed by atoms with Gasteiger partial charge in [0.2, 0.25) is 5.91 Å². The monoisotopic (exact) mass is 272 g/mol. The maximum absolute atomic E-state index is 12.5. The molecule has 2 aliphatic heterocycles. The highest BCUT2D eigenvalue weighted by molar-refractivity contribution is 6.09. The van der Waals surface area contributed by atoms with Crippen molar-refractivity contribution >= 4 is 11.8 Å². The van der Waals surface area contributed by atoms with Crippen molar-refractivity contribution in [3.8, 4) is 0 Å². The second-order valence-electron chi connectivity index (χ2n) is 6.18. The summed E-state index contributed by atoms with van der Waals surface area (Å²) in [6, 6.07) is 7.43. The van der Waals surface area contributed by atoms with E-state index in [1.54, 1.807) is 0 Å². The Hall–Kier alpha value is -1.68. The Morgan fingerprint density at radius 3 is 2.65 bits per heavy atom. The lowest BCUT2D eigenvalue weighted by molar-refractivity contribution is -0.129. The number of carbonyl (C=O) groups excluding carboxylic acids is 2. The average molecular weight is 272 g/mol. The predicted octanol–water partition coefficient (Wildman–Crippen LogP) is 1.60. The fraction of sp³-hybridized carbons (Fsp3) is 0.500. The van der Waals surface area contributed by atoms with Crippen LogP contribution in [0, 0.1) is 5.41 Å². The van der Waals surface area contributed by atoms with Gasteiger partial charge in [-0.05, 0) is 43.0 Å². The molecule has 0 radical (unpaired) electrons. The van der Waals surface area contributed by atoms with Gasteiger partial charge in [-0.1, -0.05) is 25.1 Å². The first kappa shape index (κ1) is 13.3.